The van der Waals surface area contributed by atoms with Crippen molar-refractivity contribution in [1.29, 1.82) is 0 Å². The Balaban J connectivity index is 3.38. The maximum atomic E-state index is 10.7. The Morgan fingerprint density at radius 1 is 1.29 bits per heavy atom. The second-order valence-corrected chi connectivity index (χ2v) is 4.32. The maximum Gasteiger partial charge on any atom is 0.302 e. The van der Waals surface area contributed by atoms with Crippen LogP contribution in [0.3, 0.4) is 0 Å². The summed E-state index contributed by atoms with van der Waals surface area (Å²) < 4.78 is 5.16. The summed E-state index contributed by atoms with van der Waals surface area (Å²) in [5.41, 5.74) is 0. The number of hydrogen-bond donors (Lipinski definition) is 0. The van der Waals surface area contributed by atoms with Gasteiger partial charge in [0.1, 0.15) is 6.10 Å². The first-order valence-corrected chi connectivity index (χ1v) is 6.56. The standard InChI is InChI=1S/C11H21BrO2/c1-3-11(14-10(2)13)8-6-4-5-7-9-12/h11H,3-9H2,1-2H3. The molecule has 0 aliphatic carbocycles. The number of hydrogen-bond acceptors (Lipinski definition) is 2. The number of unbranched alkanes of at least 4 members (excludes halogenated alkanes) is 3. The van der Waals surface area contributed by atoms with Gasteiger partial charge >= 0.3 is 5.97 Å². The first kappa shape index (κ1) is 13.9. The number of halogens is 1. The summed E-state index contributed by atoms with van der Waals surface area (Å²) >= 11 is 3.41. The Kier molecular flexibility index (Phi) is 9.47. The zero-order chi connectivity index (χ0) is 10.8. The summed E-state index contributed by atoms with van der Waals surface area (Å²) in [7, 11) is 0. The van der Waals surface area contributed by atoms with Crippen LogP contribution in [0.4, 0.5) is 0 Å². The molecule has 0 N–H and O–H groups in total. The third-order valence-electron chi connectivity index (χ3n) is 2.20. The lowest BCUT2D eigenvalue weighted by Gasteiger charge is -2.14. The normalized spacial score (nSPS) is 12.5. The minimum absolute atomic E-state index is 0.136. The Labute approximate surface area is 95.5 Å². The van der Waals surface area contributed by atoms with Crippen LogP contribution in [0.15, 0.2) is 0 Å². The van der Waals surface area contributed by atoms with Gasteiger partial charge in [0.25, 0.3) is 0 Å². The molecule has 84 valence electrons. The highest BCUT2D eigenvalue weighted by Gasteiger charge is 2.08. The monoisotopic (exact) mass is 264 g/mol. The maximum absolute atomic E-state index is 10.7. The first-order valence-electron chi connectivity index (χ1n) is 5.43. The van der Waals surface area contributed by atoms with Crippen molar-refractivity contribution in [2.45, 2.75) is 58.5 Å². The predicted molar refractivity (Wildman–Crippen MR) is 62.7 cm³/mol. The minimum atomic E-state index is -0.155. The van der Waals surface area contributed by atoms with Crippen LogP contribution in [-0.2, 0) is 9.53 Å². The number of carbonyl (C=O) groups is 1. The van der Waals surface area contributed by atoms with E-state index in [1.54, 1.807) is 0 Å². The van der Waals surface area contributed by atoms with Crippen molar-refractivity contribution >= 4 is 21.9 Å². The quantitative estimate of drug-likeness (QED) is 0.380. The Hall–Kier alpha value is -0.0500. The number of ether oxygens (including phenoxy) is 1. The number of rotatable bonds is 8. The Bertz CT molecular complexity index is 148. The average molecular weight is 265 g/mol. The number of alkyl halides is 1. The Morgan fingerprint density at radius 3 is 2.43 bits per heavy atom. The molecule has 1 atom stereocenters. The third-order valence-corrected chi connectivity index (χ3v) is 2.76. The van der Waals surface area contributed by atoms with Gasteiger partial charge in [-0.2, -0.15) is 0 Å². The zero-order valence-electron chi connectivity index (χ0n) is 9.22. The van der Waals surface area contributed by atoms with E-state index >= 15 is 0 Å². The Morgan fingerprint density at radius 2 is 1.93 bits per heavy atom. The lowest BCUT2D eigenvalue weighted by molar-refractivity contribution is -0.146. The van der Waals surface area contributed by atoms with E-state index in [2.05, 4.69) is 22.9 Å². The fourth-order valence-electron chi connectivity index (χ4n) is 1.40. The van der Waals surface area contributed by atoms with Crippen molar-refractivity contribution in [3.63, 3.8) is 0 Å². The van der Waals surface area contributed by atoms with E-state index in [4.69, 9.17) is 4.74 Å². The van der Waals surface area contributed by atoms with E-state index in [0.717, 1.165) is 18.2 Å². The molecule has 0 bridgehead atoms. The van der Waals surface area contributed by atoms with Gasteiger partial charge < -0.3 is 4.74 Å². The van der Waals surface area contributed by atoms with Crippen LogP contribution in [0.5, 0.6) is 0 Å². The molecule has 1 unspecified atom stereocenters. The molecule has 0 spiro atoms. The van der Waals surface area contributed by atoms with E-state index < -0.39 is 0 Å². The molecule has 14 heavy (non-hydrogen) atoms. The highest BCUT2D eigenvalue weighted by Crippen LogP contribution is 2.11. The molecule has 0 heterocycles. The van der Waals surface area contributed by atoms with Gasteiger partial charge in [-0.3, -0.25) is 4.79 Å². The fourth-order valence-corrected chi connectivity index (χ4v) is 1.80. The summed E-state index contributed by atoms with van der Waals surface area (Å²) in [6, 6.07) is 0. The van der Waals surface area contributed by atoms with Crippen LogP contribution in [0.2, 0.25) is 0 Å². The molecular weight excluding hydrogens is 244 g/mol. The smallest absolute Gasteiger partial charge is 0.302 e. The molecule has 3 heteroatoms. The number of carbonyl (C=O) groups excluding carboxylic acids is 1. The lowest BCUT2D eigenvalue weighted by atomic mass is 10.1. The van der Waals surface area contributed by atoms with Crippen LogP contribution in [0.25, 0.3) is 0 Å². The van der Waals surface area contributed by atoms with Crippen LogP contribution in [-0.4, -0.2) is 17.4 Å². The molecule has 0 radical (unpaired) electrons. The molecule has 0 aromatic carbocycles. The van der Waals surface area contributed by atoms with Crippen molar-refractivity contribution in [1.82, 2.24) is 0 Å². The highest BCUT2D eigenvalue weighted by molar-refractivity contribution is 9.09. The van der Waals surface area contributed by atoms with Gasteiger partial charge in [0.05, 0.1) is 0 Å². The molecule has 0 rings (SSSR count). The van der Waals surface area contributed by atoms with Crippen molar-refractivity contribution in [3.8, 4) is 0 Å². The fraction of sp³-hybridized carbons (Fsp3) is 0.909. The molecule has 0 aliphatic heterocycles. The molecule has 0 aromatic heterocycles. The van der Waals surface area contributed by atoms with E-state index in [0.29, 0.717) is 0 Å². The van der Waals surface area contributed by atoms with Gasteiger partial charge in [0, 0.05) is 12.3 Å². The molecule has 0 aliphatic rings. The molecule has 0 saturated carbocycles. The van der Waals surface area contributed by atoms with E-state index in [9.17, 15) is 4.79 Å². The molecule has 0 fully saturated rings. The van der Waals surface area contributed by atoms with Crippen LogP contribution in [0.1, 0.15) is 52.4 Å². The molecule has 2 nitrogen and oxygen atoms in total. The van der Waals surface area contributed by atoms with Gasteiger partial charge in [-0.25, -0.2) is 0 Å². The summed E-state index contributed by atoms with van der Waals surface area (Å²) in [5.74, 6) is -0.155. The second-order valence-electron chi connectivity index (χ2n) is 3.53. The number of esters is 1. The SMILES string of the molecule is CCC(CCCCCCBr)OC(C)=O. The molecule has 0 amide bonds. The van der Waals surface area contributed by atoms with Crippen LogP contribution in [0, 0.1) is 0 Å². The van der Waals surface area contributed by atoms with Crippen molar-refractivity contribution in [2.24, 2.45) is 0 Å². The van der Waals surface area contributed by atoms with Gasteiger partial charge in [0.15, 0.2) is 0 Å². The summed E-state index contributed by atoms with van der Waals surface area (Å²) in [6.45, 7) is 3.54. The lowest BCUT2D eigenvalue weighted by Crippen LogP contribution is -2.14. The summed E-state index contributed by atoms with van der Waals surface area (Å²) in [4.78, 5) is 10.7. The van der Waals surface area contributed by atoms with Crippen molar-refractivity contribution in [3.05, 3.63) is 0 Å². The van der Waals surface area contributed by atoms with E-state index in [-0.39, 0.29) is 12.1 Å². The van der Waals surface area contributed by atoms with Crippen LogP contribution < -0.4 is 0 Å². The van der Waals surface area contributed by atoms with Gasteiger partial charge in [0.2, 0.25) is 0 Å². The average Bonchev–Trinajstić information content (AvgIpc) is 2.15. The topological polar surface area (TPSA) is 26.3 Å². The minimum Gasteiger partial charge on any atom is -0.463 e. The summed E-state index contributed by atoms with van der Waals surface area (Å²) in [6.07, 6.45) is 6.99. The van der Waals surface area contributed by atoms with Gasteiger partial charge in [-0.1, -0.05) is 35.7 Å². The first-order chi connectivity index (χ1) is 6.70. The molecule has 0 aromatic rings. The van der Waals surface area contributed by atoms with E-state index in [1.165, 1.54) is 32.6 Å². The molecule has 0 saturated heterocycles. The largest absolute Gasteiger partial charge is 0.463 e. The van der Waals surface area contributed by atoms with E-state index in [1.807, 2.05) is 0 Å². The molecular formula is C11H21BrO2. The van der Waals surface area contributed by atoms with Gasteiger partial charge in [-0.15, -0.1) is 0 Å². The van der Waals surface area contributed by atoms with Crippen molar-refractivity contribution in [2.75, 3.05) is 5.33 Å². The second kappa shape index (κ2) is 9.50. The van der Waals surface area contributed by atoms with Gasteiger partial charge in [-0.05, 0) is 25.7 Å². The van der Waals surface area contributed by atoms with Crippen molar-refractivity contribution < 1.29 is 9.53 Å². The highest BCUT2D eigenvalue weighted by atomic mass is 79.9. The zero-order valence-corrected chi connectivity index (χ0v) is 10.8. The van der Waals surface area contributed by atoms with Crippen LogP contribution >= 0.6 is 15.9 Å². The predicted octanol–water partition coefficient (Wildman–Crippen LogP) is 3.67. The summed E-state index contributed by atoms with van der Waals surface area (Å²) in [5, 5.41) is 1.09. The third kappa shape index (κ3) is 8.54.